The Morgan fingerprint density at radius 1 is 0.350 bits per heavy atom. The highest BCUT2D eigenvalue weighted by molar-refractivity contribution is 6.13. The zero-order chi connectivity index (χ0) is 39.6. The van der Waals surface area contributed by atoms with Crippen molar-refractivity contribution in [1.82, 2.24) is 15.0 Å². The van der Waals surface area contributed by atoms with Gasteiger partial charge >= 0.3 is 0 Å². The molecule has 0 fully saturated rings. The van der Waals surface area contributed by atoms with Crippen molar-refractivity contribution in [2.45, 2.75) is 11.3 Å². The smallest absolute Gasteiger partial charge is 0.164 e. The molecule has 0 amide bonds. The second-order valence-electron chi connectivity index (χ2n) is 15.8. The fourth-order valence-electron chi connectivity index (χ4n) is 10.3. The second kappa shape index (κ2) is 13.7. The van der Waals surface area contributed by atoms with Crippen molar-refractivity contribution in [3.63, 3.8) is 0 Å². The summed E-state index contributed by atoms with van der Waals surface area (Å²) in [4.78, 5) is 15.1. The average Bonchev–Trinajstić information content (AvgIpc) is 3.85. The van der Waals surface area contributed by atoms with Gasteiger partial charge in [0, 0.05) is 22.6 Å². The summed E-state index contributed by atoms with van der Waals surface area (Å²) in [5.41, 5.74) is 16.7. The highest BCUT2D eigenvalue weighted by Crippen LogP contribution is 2.64. The molecule has 10 aromatic rings. The van der Waals surface area contributed by atoms with Gasteiger partial charge in [0.25, 0.3) is 0 Å². The number of aromatic nitrogens is 3. The summed E-state index contributed by atoms with van der Waals surface area (Å²) in [6.45, 7) is 0. The largest absolute Gasteiger partial charge is 0.208 e. The van der Waals surface area contributed by atoms with Crippen LogP contribution in [0.4, 0.5) is 0 Å². The van der Waals surface area contributed by atoms with E-state index in [0.717, 1.165) is 16.7 Å². The molecule has 1 unspecified atom stereocenters. The summed E-state index contributed by atoms with van der Waals surface area (Å²) in [5.74, 6) is 1.93. The maximum Gasteiger partial charge on any atom is 0.164 e. The van der Waals surface area contributed by atoms with E-state index in [1.807, 2.05) is 36.4 Å². The zero-order valence-corrected chi connectivity index (χ0v) is 32.7. The third-order valence-corrected chi connectivity index (χ3v) is 12.7. The van der Waals surface area contributed by atoms with E-state index in [1.165, 1.54) is 72.0 Å². The lowest BCUT2D eigenvalue weighted by Gasteiger charge is -2.36. The van der Waals surface area contributed by atoms with E-state index in [0.29, 0.717) is 17.5 Å². The molecule has 2 aliphatic rings. The van der Waals surface area contributed by atoms with Gasteiger partial charge in [-0.25, -0.2) is 15.0 Å². The van der Waals surface area contributed by atoms with Crippen LogP contribution in [0.1, 0.15) is 44.9 Å². The van der Waals surface area contributed by atoms with Crippen molar-refractivity contribution < 1.29 is 0 Å². The fourth-order valence-corrected chi connectivity index (χ4v) is 10.3. The van der Waals surface area contributed by atoms with E-state index >= 15 is 0 Å². The minimum absolute atomic E-state index is 0.0252. The lowest BCUT2D eigenvalue weighted by atomic mass is 9.65. The molecule has 3 heteroatoms. The Kier molecular flexibility index (Phi) is 7.82. The van der Waals surface area contributed by atoms with E-state index in [9.17, 15) is 0 Å². The number of hydrogen-bond acceptors (Lipinski definition) is 3. The van der Waals surface area contributed by atoms with Crippen LogP contribution in [0.25, 0.3) is 67.2 Å². The van der Waals surface area contributed by atoms with Gasteiger partial charge in [0.2, 0.25) is 0 Å². The van der Waals surface area contributed by atoms with Crippen LogP contribution in [0.3, 0.4) is 0 Å². The Bertz CT molecular complexity index is 3140. The third kappa shape index (κ3) is 5.06. The van der Waals surface area contributed by atoms with Gasteiger partial charge in [0.05, 0.1) is 5.41 Å². The number of rotatable bonds is 6. The first kappa shape index (κ1) is 34.3. The molecule has 1 heterocycles. The van der Waals surface area contributed by atoms with Crippen molar-refractivity contribution in [2.75, 3.05) is 0 Å². The number of benzene rings is 9. The van der Waals surface area contributed by atoms with Crippen LogP contribution < -0.4 is 0 Å². The van der Waals surface area contributed by atoms with Gasteiger partial charge in [-0.2, -0.15) is 0 Å². The molecule has 9 aromatic carbocycles. The molecule has 0 saturated carbocycles. The summed E-state index contributed by atoms with van der Waals surface area (Å²) < 4.78 is 0. The molecule has 280 valence electrons. The Hall–Kier alpha value is -7.75. The molecule has 0 spiro atoms. The SMILES string of the molecule is c1ccc(-c2nc(-c3ccccc3)nc(-c3ccc(C4c5ccccc5-c5c4c4c(c6ccccc56)-c5ccccc5C4(c4ccccc4)c4ccccc4)cc3)n2)cc1. The third-order valence-electron chi connectivity index (χ3n) is 12.7. The highest BCUT2D eigenvalue weighted by Gasteiger charge is 2.51. The van der Waals surface area contributed by atoms with E-state index in [1.54, 1.807) is 0 Å². The van der Waals surface area contributed by atoms with Gasteiger partial charge in [-0.1, -0.05) is 218 Å². The summed E-state index contributed by atoms with van der Waals surface area (Å²) in [7, 11) is 0. The maximum atomic E-state index is 5.07. The summed E-state index contributed by atoms with van der Waals surface area (Å²) in [6, 6.07) is 79.0. The summed E-state index contributed by atoms with van der Waals surface area (Å²) in [5, 5.41) is 2.58. The van der Waals surface area contributed by atoms with Crippen molar-refractivity contribution in [1.29, 1.82) is 0 Å². The van der Waals surface area contributed by atoms with E-state index in [-0.39, 0.29) is 5.92 Å². The number of fused-ring (bicyclic) bond motifs is 10. The number of hydrogen-bond donors (Lipinski definition) is 0. The van der Waals surface area contributed by atoms with Gasteiger partial charge in [-0.3, -0.25) is 0 Å². The van der Waals surface area contributed by atoms with Crippen molar-refractivity contribution in [3.8, 4) is 56.4 Å². The van der Waals surface area contributed by atoms with Gasteiger partial charge < -0.3 is 0 Å². The van der Waals surface area contributed by atoms with Crippen molar-refractivity contribution in [2.24, 2.45) is 0 Å². The number of nitrogens with zero attached hydrogens (tertiary/aromatic N) is 3. The first-order valence-electron chi connectivity index (χ1n) is 20.7. The van der Waals surface area contributed by atoms with Gasteiger partial charge in [-0.05, 0) is 72.0 Å². The molecule has 0 radical (unpaired) electrons. The highest BCUT2D eigenvalue weighted by atomic mass is 15.0. The molecular formula is C57H37N3. The molecule has 60 heavy (non-hydrogen) atoms. The Labute approximate surface area is 349 Å². The lowest BCUT2D eigenvalue weighted by molar-refractivity contribution is 0.753. The molecule has 0 saturated heterocycles. The monoisotopic (exact) mass is 763 g/mol. The predicted molar refractivity (Wildman–Crippen MR) is 244 cm³/mol. The second-order valence-corrected chi connectivity index (χ2v) is 15.8. The van der Waals surface area contributed by atoms with Crippen LogP contribution in [0.5, 0.6) is 0 Å². The van der Waals surface area contributed by atoms with Gasteiger partial charge in [-0.15, -0.1) is 0 Å². The Balaban J connectivity index is 1.12. The molecule has 1 aromatic heterocycles. The Morgan fingerprint density at radius 2 is 0.783 bits per heavy atom. The molecule has 0 N–H and O–H groups in total. The topological polar surface area (TPSA) is 38.7 Å². The molecule has 2 aliphatic carbocycles. The molecule has 3 nitrogen and oxygen atoms in total. The first-order chi connectivity index (χ1) is 29.8. The normalized spacial score (nSPS) is 14.3. The van der Waals surface area contributed by atoms with Crippen LogP contribution in [-0.4, -0.2) is 15.0 Å². The molecular weight excluding hydrogens is 727 g/mol. The van der Waals surface area contributed by atoms with E-state index in [2.05, 4.69) is 182 Å². The maximum absolute atomic E-state index is 5.07. The van der Waals surface area contributed by atoms with Crippen molar-refractivity contribution >= 4 is 10.8 Å². The van der Waals surface area contributed by atoms with E-state index in [4.69, 9.17) is 15.0 Å². The van der Waals surface area contributed by atoms with Crippen LogP contribution in [-0.2, 0) is 5.41 Å². The molecule has 0 aliphatic heterocycles. The quantitative estimate of drug-likeness (QED) is 0.169. The lowest BCUT2D eigenvalue weighted by Crippen LogP contribution is -2.30. The van der Waals surface area contributed by atoms with Crippen LogP contribution >= 0.6 is 0 Å². The molecule has 1 atom stereocenters. The van der Waals surface area contributed by atoms with Crippen LogP contribution in [0, 0.1) is 0 Å². The minimum Gasteiger partial charge on any atom is -0.208 e. The molecule has 12 rings (SSSR count). The Morgan fingerprint density at radius 3 is 1.35 bits per heavy atom. The fraction of sp³-hybridized carbons (Fsp3) is 0.0351. The summed E-state index contributed by atoms with van der Waals surface area (Å²) >= 11 is 0. The van der Waals surface area contributed by atoms with Gasteiger partial charge in [0.15, 0.2) is 17.5 Å². The summed E-state index contributed by atoms with van der Waals surface area (Å²) in [6.07, 6.45) is 0. The molecule has 0 bridgehead atoms. The van der Waals surface area contributed by atoms with Crippen molar-refractivity contribution in [3.05, 3.63) is 257 Å². The van der Waals surface area contributed by atoms with Crippen LogP contribution in [0.15, 0.2) is 218 Å². The average molecular weight is 764 g/mol. The zero-order valence-electron chi connectivity index (χ0n) is 32.7. The van der Waals surface area contributed by atoms with Gasteiger partial charge in [0.1, 0.15) is 0 Å². The standard InChI is InChI=1S/C57H37N3/c1-5-19-38(20-6-1)54-58-55(39-21-7-2-8-22-39)60-56(59-54)40-35-33-37(34-36-40)49-43-27-13-14-28-44(43)50-45-29-15-16-30-46(45)51-47-31-17-18-32-48(47)57(53(51)52(49)50,41-23-9-3-10-24-41)42-25-11-4-12-26-42/h1-36,49H. The van der Waals surface area contributed by atoms with E-state index < -0.39 is 5.41 Å². The van der Waals surface area contributed by atoms with Crippen LogP contribution in [0.2, 0.25) is 0 Å². The minimum atomic E-state index is -0.560. The predicted octanol–water partition coefficient (Wildman–Crippen LogP) is 13.5. The first-order valence-corrected chi connectivity index (χ1v) is 20.7.